The zero-order valence-electron chi connectivity index (χ0n) is 15.1. The van der Waals surface area contributed by atoms with Crippen molar-refractivity contribution >= 4 is 6.03 Å². The minimum Gasteiger partial charge on any atom is -0.327 e. The molecule has 0 aromatic heterocycles. The molecule has 1 heterocycles. The Morgan fingerprint density at radius 1 is 1.19 bits per heavy atom. The SMILES string of the molecule is C=C1N(CN(CCC(C)(C)C)C(C)(C)C)C(=O)NC1(C)C. The van der Waals surface area contributed by atoms with E-state index >= 15 is 0 Å². The fraction of sp³-hybridized carbons (Fsp3) is 0.824. The summed E-state index contributed by atoms with van der Waals surface area (Å²) < 4.78 is 0. The molecule has 0 aliphatic carbocycles. The van der Waals surface area contributed by atoms with Crippen LogP contribution in [0.3, 0.4) is 0 Å². The summed E-state index contributed by atoms with van der Waals surface area (Å²) in [6.45, 7) is 23.0. The predicted molar refractivity (Wildman–Crippen MR) is 89.0 cm³/mol. The van der Waals surface area contributed by atoms with E-state index in [9.17, 15) is 4.79 Å². The zero-order chi connectivity index (χ0) is 16.6. The third kappa shape index (κ3) is 4.73. The minimum atomic E-state index is -0.356. The Morgan fingerprint density at radius 2 is 1.71 bits per heavy atom. The van der Waals surface area contributed by atoms with Gasteiger partial charge in [0.25, 0.3) is 0 Å². The summed E-state index contributed by atoms with van der Waals surface area (Å²) in [5.41, 5.74) is 0.786. The van der Waals surface area contributed by atoms with Crippen LogP contribution in [0.25, 0.3) is 0 Å². The fourth-order valence-corrected chi connectivity index (χ4v) is 2.28. The van der Waals surface area contributed by atoms with Crippen molar-refractivity contribution in [2.75, 3.05) is 13.2 Å². The summed E-state index contributed by atoms with van der Waals surface area (Å²) in [6.07, 6.45) is 1.09. The average molecular weight is 295 g/mol. The van der Waals surface area contributed by atoms with Gasteiger partial charge in [-0.05, 0) is 46.5 Å². The van der Waals surface area contributed by atoms with Crippen molar-refractivity contribution in [3.8, 4) is 0 Å². The number of amides is 2. The molecule has 1 rings (SSSR count). The molecule has 1 aliphatic rings. The Kier molecular flexibility index (Phi) is 4.84. The molecule has 1 N–H and O–H groups in total. The van der Waals surface area contributed by atoms with Gasteiger partial charge in [0.1, 0.15) is 0 Å². The van der Waals surface area contributed by atoms with Crippen molar-refractivity contribution in [1.29, 1.82) is 0 Å². The highest BCUT2D eigenvalue weighted by molar-refractivity contribution is 5.81. The molecule has 0 radical (unpaired) electrons. The van der Waals surface area contributed by atoms with Crippen LogP contribution in [-0.4, -0.2) is 40.1 Å². The topological polar surface area (TPSA) is 35.6 Å². The van der Waals surface area contributed by atoms with Gasteiger partial charge in [0.15, 0.2) is 0 Å². The quantitative estimate of drug-likeness (QED) is 0.856. The first kappa shape index (κ1) is 18.0. The maximum absolute atomic E-state index is 12.2. The molecule has 0 atom stereocenters. The van der Waals surface area contributed by atoms with E-state index < -0.39 is 0 Å². The van der Waals surface area contributed by atoms with Crippen LogP contribution >= 0.6 is 0 Å². The van der Waals surface area contributed by atoms with Crippen LogP contribution in [0.15, 0.2) is 12.3 Å². The van der Waals surface area contributed by atoms with Crippen LogP contribution in [0.5, 0.6) is 0 Å². The van der Waals surface area contributed by atoms with Gasteiger partial charge in [-0.15, -0.1) is 0 Å². The third-order valence-electron chi connectivity index (χ3n) is 4.10. The van der Waals surface area contributed by atoms with E-state index in [1.54, 1.807) is 4.90 Å². The van der Waals surface area contributed by atoms with E-state index in [1.807, 2.05) is 13.8 Å². The molecule has 122 valence electrons. The van der Waals surface area contributed by atoms with Crippen molar-refractivity contribution in [3.63, 3.8) is 0 Å². The van der Waals surface area contributed by atoms with Crippen LogP contribution in [0.2, 0.25) is 0 Å². The average Bonchev–Trinajstić information content (AvgIpc) is 2.42. The lowest BCUT2D eigenvalue weighted by atomic mass is 9.91. The largest absolute Gasteiger partial charge is 0.327 e. The lowest BCUT2D eigenvalue weighted by Gasteiger charge is -2.39. The van der Waals surface area contributed by atoms with E-state index in [-0.39, 0.29) is 22.5 Å². The third-order valence-corrected chi connectivity index (χ3v) is 4.10. The number of hydrogen-bond acceptors (Lipinski definition) is 2. The van der Waals surface area contributed by atoms with E-state index in [4.69, 9.17) is 0 Å². The summed E-state index contributed by atoms with van der Waals surface area (Å²) in [5, 5.41) is 2.98. The van der Waals surface area contributed by atoms with Crippen LogP contribution in [0.1, 0.15) is 61.8 Å². The first-order valence-electron chi connectivity index (χ1n) is 7.78. The summed E-state index contributed by atoms with van der Waals surface area (Å²) in [4.78, 5) is 16.3. The van der Waals surface area contributed by atoms with Gasteiger partial charge >= 0.3 is 6.03 Å². The van der Waals surface area contributed by atoms with Gasteiger partial charge in [-0.1, -0.05) is 27.4 Å². The second kappa shape index (κ2) is 5.64. The molecule has 2 amide bonds. The maximum atomic E-state index is 12.2. The molecule has 0 aromatic carbocycles. The number of rotatable bonds is 4. The Balaban J connectivity index is 2.83. The highest BCUT2D eigenvalue weighted by Gasteiger charge is 2.40. The summed E-state index contributed by atoms with van der Waals surface area (Å²) in [6, 6.07) is -0.0463. The van der Waals surface area contributed by atoms with E-state index in [0.717, 1.165) is 18.7 Å². The van der Waals surface area contributed by atoms with E-state index in [1.165, 1.54) is 0 Å². The standard InChI is InChI=1S/C17H33N3O/c1-13-17(8,9)18-14(21)20(13)12-19(16(5,6)7)11-10-15(2,3)4/h1,10-12H2,2-9H3,(H,18,21). The Labute approximate surface area is 130 Å². The molecule has 0 aromatic rings. The summed E-state index contributed by atoms with van der Waals surface area (Å²) in [5.74, 6) is 0. The lowest BCUT2D eigenvalue weighted by molar-refractivity contribution is 0.0763. The molecule has 0 unspecified atom stereocenters. The van der Waals surface area contributed by atoms with Gasteiger partial charge in [-0.2, -0.15) is 0 Å². The minimum absolute atomic E-state index is 0.0124. The van der Waals surface area contributed by atoms with Gasteiger partial charge in [-0.25, -0.2) is 4.79 Å². The fourth-order valence-electron chi connectivity index (χ4n) is 2.28. The normalized spacial score (nSPS) is 19.4. The van der Waals surface area contributed by atoms with Crippen LogP contribution in [0.4, 0.5) is 4.79 Å². The molecule has 1 aliphatic heterocycles. The second-order valence-corrected chi connectivity index (χ2v) is 8.82. The Bertz CT molecular complexity index is 413. The van der Waals surface area contributed by atoms with Gasteiger partial charge < -0.3 is 5.32 Å². The van der Waals surface area contributed by atoms with Gasteiger partial charge in [0.2, 0.25) is 0 Å². The number of nitrogens with one attached hydrogen (secondary N) is 1. The molecule has 4 heteroatoms. The molecule has 1 fully saturated rings. The highest BCUT2D eigenvalue weighted by atomic mass is 16.2. The number of nitrogens with zero attached hydrogens (tertiary/aromatic N) is 2. The molecule has 21 heavy (non-hydrogen) atoms. The molecule has 0 bridgehead atoms. The number of carbonyl (C=O) groups excluding carboxylic acids is 1. The van der Waals surface area contributed by atoms with Gasteiger partial charge in [0.05, 0.1) is 12.2 Å². The van der Waals surface area contributed by atoms with E-state index in [0.29, 0.717) is 6.67 Å². The highest BCUT2D eigenvalue weighted by Crippen LogP contribution is 2.28. The van der Waals surface area contributed by atoms with Crippen molar-refractivity contribution in [2.45, 2.75) is 72.9 Å². The Morgan fingerprint density at radius 3 is 2.05 bits per heavy atom. The maximum Gasteiger partial charge on any atom is 0.323 e. The van der Waals surface area contributed by atoms with Crippen molar-refractivity contribution in [3.05, 3.63) is 12.3 Å². The molecular weight excluding hydrogens is 262 g/mol. The van der Waals surface area contributed by atoms with Crippen molar-refractivity contribution < 1.29 is 4.79 Å². The lowest BCUT2D eigenvalue weighted by Crippen LogP contribution is -2.49. The molecule has 4 nitrogen and oxygen atoms in total. The number of urea groups is 1. The predicted octanol–water partition coefficient (Wildman–Crippen LogP) is 3.80. The molecule has 0 spiro atoms. The van der Waals surface area contributed by atoms with Crippen LogP contribution in [0, 0.1) is 5.41 Å². The monoisotopic (exact) mass is 295 g/mol. The summed E-state index contributed by atoms with van der Waals surface area (Å²) in [7, 11) is 0. The van der Waals surface area contributed by atoms with Crippen molar-refractivity contribution in [2.24, 2.45) is 5.41 Å². The first-order valence-corrected chi connectivity index (χ1v) is 7.78. The smallest absolute Gasteiger partial charge is 0.323 e. The molecule has 0 saturated carbocycles. The van der Waals surface area contributed by atoms with Crippen LogP contribution in [-0.2, 0) is 0 Å². The zero-order valence-corrected chi connectivity index (χ0v) is 15.1. The first-order chi connectivity index (χ1) is 9.24. The molecular formula is C17H33N3O. The summed E-state index contributed by atoms with van der Waals surface area (Å²) >= 11 is 0. The number of hydrogen-bond donors (Lipinski definition) is 1. The van der Waals surface area contributed by atoms with Crippen LogP contribution < -0.4 is 5.32 Å². The van der Waals surface area contributed by atoms with E-state index in [2.05, 4.69) is 58.3 Å². The van der Waals surface area contributed by atoms with Crippen molar-refractivity contribution in [1.82, 2.24) is 15.1 Å². The number of carbonyl (C=O) groups is 1. The van der Waals surface area contributed by atoms with Gasteiger partial charge in [0, 0.05) is 17.8 Å². The van der Waals surface area contributed by atoms with Gasteiger partial charge in [-0.3, -0.25) is 9.80 Å². The Hall–Kier alpha value is -1.03. The molecule has 1 saturated heterocycles. The second-order valence-electron chi connectivity index (χ2n) is 8.82.